The van der Waals surface area contributed by atoms with Gasteiger partial charge in [0, 0.05) is 16.8 Å². The van der Waals surface area contributed by atoms with Crippen LogP contribution in [0.4, 0.5) is 5.69 Å². The molecule has 0 unspecified atom stereocenters. The number of ether oxygens (including phenoxy) is 3. The van der Waals surface area contributed by atoms with Gasteiger partial charge >= 0.3 is 0 Å². The fourth-order valence-corrected chi connectivity index (χ4v) is 4.21. The summed E-state index contributed by atoms with van der Waals surface area (Å²) in [4.78, 5) is 19.6. The largest absolute Gasteiger partial charge is 0.497 e. The average molecular weight is 495 g/mol. The minimum atomic E-state index is -0.204. The first-order chi connectivity index (χ1) is 16.6. The third-order valence-corrected chi connectivity index (χ3v) is 6.11. The Hall–Kier alpha value is -3.42. The Bertz CT molecular complexity index is 1210. The van der Waals surface area contributed by atoms with Crippen LogP contribution >= 0.6 is 23.4 Å². The molecule has 0 aromatic heterocycles. The topological polar surface area (TPSA) is 60.4 Å². The van der Waals surface area contributed by atoms with Crippen LogP contribution in [0.5, 0.6) is 17.2 Å². The maximum Gasteiger partial charge on any atom is 0.283 e. The molecule has 3 aromatic rings. The maximum absolute atomic E-state index is 13.4. The average Bonchev–Trinajstić information content (AvgIpc) is 3.18. The van der Waals surface area contributed by atoms with Gasteiger partial charge in [-0.25, -0.2) is 4.99 Å². The molecule has 0 saturated heterocycles. The first-order valence-corrected chi connectivity index (χ1v) is 11.9. The molecule has 6 nitrogen and oxygen atoms in total. The number of amidine groups is 1. The molecule has 0 atom stereocenters. The molecule has 4 rings (SSSR count). The normalized spacial score (nSPS) is 14.3. The van der Waals surface area contributed by atoms with E-state index in [0.29, 0.717) is 39.7 Å². The highest BCUT2D eigenvalue weighted by atomic mass is 35.5. The highest BCUT2D eigenvalue weighted by Crippen LogP contribution is 2.31. The van der Waals surface area contributed by atoms with Crippen molar-refractivity contribution in [3.63, 3.8) is 0 Å². The zero-order chi connectivity index (χ0) is 23.9. The Balaban J connectivity index is 1.54. The van der Waals surface area contributed by atoms with Crippen LogP contribution in [0.15, 0.2) is 83.5 Å². The molecule has 0 radical (unpaired) electrons. The van der Waals surface area contributed by atoms with Crippen molar-refractivity contribution in [3.8, 4) is 17.2 Å². The van der Waals surface area contributed by atoms with Crippen LogP contribution in [0.25, 0.3) is 6.08 Å². The van der Waals surface area contributed by atoms with Gasteiger partial charge in [0.1, 0.15) is 22.9 Å². The molecule has 0 aliphatic carbocycles. The van der Waals surface area contributed by atoms with Crippen molar-refractivity contribution < 1.29 is 19.0 Å². The molecule has 3 aromatic carbocycles. The summed E-state index contributed by atoms with van der Waals surface area (Å²) in [7, 11) is 3.21. The van der Waals surface area contributed by atoms with Crippen LogP contribution in [0.2, 0.25) is 5.02 Å². The molecule has 1 heterocycles. The lowest BCUT2D eigenvalue weighted by molar-refractivity contribution is -0.113. The van der Waals surface area contributed by atoms with Crippen molar-refractivity contribution >= 4 is 46.2 Å². The highest BCUT2D eigenvalue weighted by molar-refractivity contribution is 8.14. The molecule has 1 aliphatic heterocycles. The lowest BCUT2D eigenvalue weighted by Gasteiger charge is -2.18. The Kier molecular flexibility index (Phi) is 7.77. The second-order valence-electron chi connectivity index (χ2n) is 7.19. The summed E-state index contributed by atoms with van der Waals surface area (Å²) >= 11 is 7.37. The van der Waals surface area contributed by atoms with E-state index in [2.05, 4.69) is 4.99 Å². The third kappa shape index (κ3) is 5.73. The van der Waals surface area contributed by atoms with E-state index in [-0.39, 0.29) is 5.91 Å². The van der Waals surface area contributed by atoms with E-state index >= 15 is 0 Å². The first-order valence-electron chi connectivity index (χ1n) is 10.5. The molecule has 0 fully saturated rings. The van der Waals surface area contributed by atoms with Gasteiger partial charge in [-0.15, -0.1) is 0 Å². The van der Waals surface area contributed by atoms with E-state index in [4.69, 9.17) is 25.8 Å². The zero-order valence-corrected chi connectivity index (χ0v) is 20.3. The number of hydrogen-bond donors (Lipinski definition) is 0. The summed E-state index contributed by atoms with van der Waals surface area (Å²) in [6.45, 7) is 0.447. The number of rotatable bonds is 8. The van der Waals surface area contributed by atoms with Crippen molar-refractivity contribution in [2.24, 2.45) is 4.99 Å². The van der Waals surface area contributed by atoms with Crippen LogP contribution < -0.4 is 19.1 Å². The third-order valence-electron chi connectivity index (χ3n) is 4.96. The number of halogens is 1. The van der Waals surface area contributed by atoms with Crippen molar-refractivity contribution in [3.05, 3.63) is 89.1 Å². The molecule has 0 bridgehead atoms. The Labute approximate surface area is 207 Å². The van der Waals surface area contributed by atoms with E-state index in [1.54, 1.807) is 37.3 Å². The van der Waals surface area contributed by atoms with Gasteiger partial charge < -0.3 is 14.2 Å². The zero-order valence-electron chi connectivity index (χ0n) is 18.7. The van der Waals surface area contributed by atoms with E-state index < -0.39 is 0 Å². The van der Waals surface area contributed by atoms with Crippen LogP contribution in [0.3, 0.4) is 0 Å². The first kappa shape index (κ1) is 23.7. The van der Waals surface area contributed by atoms with Gasteiger partial charge in [-0.05, 0) is 60.2 Å². The number of carbonyl (C=O) groups is 1. The fraction of sp³-hybridized carbons (Fsp3) is 0.154. The van der Waals surface area contributed by atoms with Crippen LogP contribution in [0.1, 0.15) is 5.56 Å². The number of methoxy groups -OCH3 is 2. The fourth-order valence-electron chi connectivity index (χ4n) is 3.25. The summed E-state index contributed by atoms with van der Waals surface area (Å²) in [5.74, 6) is 2.54. The van der Waals surface area contributed by atoms with E-state index in [0.717, 1.165) is 17.1 Å². The van der Waals surface area contributed by atoms with Gasteiger partial charge in [0.05, 0.1) is 26.5 Å². The molecular weight excluding hydrogens is 472 g/mol. The number of thioether (sulfide) groups is 1. The quantitative estimate of drug-likeness (QED) is 0.287. The number of hydrogen-bond acceptors (Lipinski definition) is 6. The van der Waals surface area contributed by atoms with Gasteiger partial charge in [0.15, 0.2) is 5.17 Å². The van der Waals surface area contributed by atoms with Crippen LogP contribution in [-0.4, -0.2) is 37.7 Å². The van der Waals surface area contributed by atoms with Crippen LogP contribution in [0, 0.1) is 0 Å². The summed E-state index contributed by atoms with van der Waals surface area (Å²) in [6.07, 6.45) is 1.77. The number of amides is 1. The molecule has 0 spiro atoms. The molecule has 1 amide bonds. The van der Waals surface area contributed by atoms with E-state index in [1.165, 1.54) is 11.8 Å². The predicted octanol–water partition coefficient (Wildman–Crippen LogP) is 5.91. The SMILES string of the molecule is COc1ccc(C=C2N=C(SCCOc3ccc(Cl)cc3)N(c3cccc(OC)c3)C2=O)cc1. The molecule has 34 heavy (non-hydrogen) atoms. The molecule has 8 heteroatoms. The monoisotopic (exact) mass is 494 g/mol. The van der Waals surface area contributed by atoms with Crippen molar-refractivity contribution in [2.75, 3.05) is 31.5 Å². The summed E-state index contributed by atoms with van der Waals surface area (Å²) in [5, 5.41) is 1.24. The summed E-state index contributed by atoms with van der Waals surface area (Å²) in [5.41, 5.74) is 1.90. The second-order valence-corrected chi connectivity index (χ2v) is 8.69. The number of carbonyl (C=O) groups excluding carboxylic acids is 1. The van der Waals surface area contributed by atoms with E-state index in [1.807, 2.05) is 60.7 Å². The lowest BCUT2D eigenvalue weighted by atomic mass is 10.2. The number of anilines is 1. The summed E-state index contributed by atoms with van der Waals surface area (Å²) < 4.78 is 16.3. The van der Waals surface area contributed by atoms with Gasteiger partial charge in [-0.3, -0.25) is 9.69 Å². The summed E-state index contributed by atoms with van der Waals surface area (Å²) in [6, 6.07) is 22.0. The maximum atomic E-state index is 13.4. The molecule has 1 aliphatic rings. The van der Waals surface area contributed by atoms with Crippen molar-refractivity contribution in [2.45, 2.75) is 0 Å². The molecule has 0 N–H and O–H groups in total. The van der Waals surface area contributed by atoms with Gasteiger partial charge in [-0.1, -0.05) is 41.6 Å². The van der Waals surface area contributed by atoms with Gasteiger partial charge in [0.25, 0.3) is 5.91 Å². The predicted molar refractivity (Wildman–Crippen MR) is 138 cm³/mol. The Morgan fingerprint density at radius 2 is 1.65 bits per heavy atom. The minimum absolute atomic E-state index is 0.204. The molecule has 174 valence electrons. The highest BCUT2D eigenvalue weighted by Gasteiger charge is 2.32. The van der Waals surface area contributed by atoms with Crippen LogP contribution in [-0.2, 0) is 4.79 Å². The van der Waals surface area contributed by atoms with Crippen molar-refractivity contribution in [1.29, 1.82) is 0 Å². The van der Waals surface area contributed by atoms with E-state index in [9.17, 15) is 4.79 Å². The number of nitrogens with zero attached hydrogens (tertiary/aromatic N) is 2. The lowest BCUT2D eigenvalue weighted by Crippen LogP contribution is -2.30. The van der Waals surface area contributed by atoms with Gasteiger partial charge in [0.2, 0.25) is 0 Å². The molecule has 0 saturated carbocycles. The minimum Gasteiger partial charge on any atom is -0.497 e. The van der Waals surface area contributed by atoms with Gasteiger partial charge in [-0.2, -0.15) is 0 Å². The standard InChI is InChI=1S/C26H23ClN2O4S/c1-31-21-10-6-18(7-11-21)16-24-25(30)29(20-4-3-5-23(17-20)32-2)26(28-24)34-15-14-33-22-12-8-19(27)9-13-22/h3-13,16-17H,14-15H2,1-2H3. The molecular formula is C26H23ClN2O4S. The van der Waals surface area contributed by atoms with Crippen molar-refractivity contribution in [1.82, 2.24) is 0 Å². The number of benzene rings is 3. The number of aliphatic imine (C=N–C) groups is 1. The second kappa shape index (κ2) is 11.1. The smallest absolute Gasteiger partial charge is 0.283 e. The Morgan fingerprint density at radius 1 is 0.941 bits per heavy atom. The Morgan fingerprint density at radius 3 is 2.35 bits per heavy atom.